The van der Waals surface area contributed by atoms with Crippen molar-refractivity contribution in [3.8, 4) is 0 Å². The van der Waals surface area contributed by atoms with Gasteiger partial charge in [-0.15, -0.1) is 0 Å². The van der Waals surface area contributed by atoms with Gasteiger partial charge in [-0.25, -0.2) is 4.39 Å². The second-order valence-electron chi connectivity index (χ2n) is 4.82. The van der Waals surface area contributed by atoms with Crippen LogP contribution in [0.5, 0.6) is 0 Å². The standard InChI is InChI=1S/C18H13FO/c1-12-9-10-13-5-2-3-8-16(13)17(12)18(20)14-6-4-7-15(19)11-14/h2-11H,1H3. The fourth-order valence-corrected chi connectivity index (χ4v) is 2.46. The maximum absolute atomic E-state index is 13.3. The van der Waals surface area contributed by atoms with Crippen molar-refractivity contribution in [2.45, 2.75) is 6.92 Å². The third-order valence-electron chi connectivity index (χ3n) is 3.45. The molecule has 2 heteroatoms. The van der Waals surface area contributed by atoms with Crippen LogP contribution in [0.2, 0.25) is 0 Å². The number of hydrogen-bond donors (Lipinski definition) is 0. The average molecular weight is 264 g/mol. The monoisotopic (exact) mass is 264 g/mol. The molecule has 20 heavy (non-hydrogen) atoms. The summed E-state index contributed by atoms with van der Waals surface area (Å²) in [5.74, 6) is -0.535. The number of carbonyl (C=O) groups is 1. The maximum Gasteiger partial charge on any atom is 0.194 e. The predicted octanol–water partition coefficient (Wildman–Crippen LogP) is 4.52. The molecule has 3 rings (SSSR count). The van der Waals surface area contributed by atoms with E-state index < -0.39 is 5.82 Å². The Kier molecular flexibility index (Phi) is 3.07. The van der Waals surface area contributed by atoms with Crippen LogP contribution in [0, 0.1) is 12.7 Å². The molecule has 0 fully saturated rings. The van der Waals surface area contributed by atoms with Crippen LogP contribution >= 0.6 is 0 Å². The van der Waals surface area contributed by atoms with Gasteiger partial charge in [0.2, 0.25) is 0 Å². The number of ketones is 1. The molecule has 3 aromatic rings. The topological polar surface area (TPSA) is 17.1 Å². The van der Waals surface area contributed by atoms with Crippen molar-refractivity contribution in [3.05, 3.63) is 83.2 Å². The van der Waals surface area contributed by atoms with Gasteiger partial charge in [-0.05, 0) is 35.4 Å². The lowest BCUT2D eigenvalue weighted by Crippen LogP contribution is -2.05. The van der Waals surface area contributed by atoms with Gasteiger partial charge in [-0.2, -0.15) is 0 Å². The Morgan fingerprint density at radius 2 is 1.75 bits per heavy atom. The summed E-state index contributed by atoms with van der Waals surface area (Å²) in [6.45, 7) is 1.90. The molecular weight excluding hydrogens is 251 g/mol. The Morgan fingerprint density at radius 3 is 2.55 bits per heavy atom. The van der Waals surface area contributed by atoms with Gasteiger partial charge in [0.15, 0.2) is 5.78 Å². The molecule has 0 amide bonds. The molecule has 0 N–H and O–H groups in total. The first kappa shape index (κ1) is 12.5. The maximum atomic E-state index is 13.3. The highest BCUT2D eigenvalue weighted by Crippen LogP contribution is 2.25. The third-order valence-corrected chi connectivity index (χ3v) is 3.45. The van der Waals surface area contributed by atoms with Gasteiger partial charge in [0.1, 0.15) is 5.82 Å². The summed E-state index contributed by atoms with van der Waals surface area (Å²) in [4.78, 5) is 12.7. The molecule has 98 valence electrons. The summed E-state index contributed by atoms with van der Waals surface area (Å²) in [5, 5.41) is 1.92. The van der Waals surface area contributed by atoms with Crippen molar-refractivity contribution in [2.75, 3.05) is 0 Å². The van der Waals surface area contributed by atoms with Crippen LogP contribution in [-0.4, -0.2) is 5.78 Å². The minimum atomic E-state index is -0.395. The van der Waals surface area contributed by atoms with E-state index in [-0.39, 0.29) is 5.78 Å². The summed E-state index contributed by atoms with van der Waals surface area (Å²) < 4.78 is 13.3. The zero-order chi connectivity index (χ0) is 14.1. The summed E-state index contributed by atoms with van der Waals surface area (Å²) in [7, 11) is 0. The van der Waals surface area contributed by atoms with Crippen LogP contribution in [-0.2, 0) is 0 Å². The molecule has 0 saturated carbocycles. The number of hydrogen-bond acceptors (Lipinski definition) is 1. The molecule has 0 aromatic heterocycles. The van der Waals surface area contributed by atoms with E-state index >= 15 is 0 Å². The fourth-order valence-electron chi connectivity index (χ4n) is 2.46. The molecule has 0 radical (unpaired) electrons. The first-order valence-electron chi connectivity index (χ1n) is 6.45. The van der Waals surface area contributed by atoms with Crippen LogP contribution < -0.4 is 0 Å². The highest BCUT2D eigenvalue weighted by atomic mass is 19.1. The molecule has 0 heterocycles. The normalized spacial score (nSPS) is 10.7. The van der Waals surface area contributed by atoms with E-state index in [2.05, 4.69) is 0 Å². The summed E-state index contributed by atoms with van der Waals surface area (Å²) in [5.41, 5.74) is 1.93. The average Bonchev–Trinajstić information content (AvgIpc) is 2.46. The zero-order valence-electron chi connectivity index (χ0n) is 11.1. The first-order chi connectivity index (χ1) is 9.66. The molecule has 0 aliphatic rings. The van der Waals surface area contributed by atoms with E-state index in [4.69, 9.17) is 0 Å². The summed E-state index contributed by atoms with van der Waals surface area (Å²) in [6, 6.07) is 17.5. The second kappa shape index (κ2) is 4.89. The van der Waals surface area contributed by atoms with Gasteiger partial charge >= 0.3 is 0 Å². The van der Waals surface area contributed by atoms with E-state index in [0.29, 0.717) is 11.1 Å². The van der Waals surface area contributed by atoms with Gasteiger partial charge in [-0.3, -0.25) is 4.79 Å². The molecule has 0 saturated heterocycles. The minimum absolute atomic E-state index is 0.140. The molecule has 0 aliphatic carbocycles. The lowest BCUT2D eigenvalue weighted by atomic mass is 9.93. The van der Waals surface area contributed by atoms with E-state index in [1.54, 1.807) is 12.1 Å². The lowest BCUT2D eigenvalue weighted by molar-refractivity contribution is 0.103. The largest absolute Gasteiger partial charge is 0.289 e. The minimum Gasteiger partial charge on any atom is -0.289 e. The molecule has 0 bridgehead atoms. The van der Waals surface area contributed by atoms with Crippen molar-refractivity contribution in [2.24, 2.45) is 0 Å². The number of benzene rings is 3. The number of rotatable bonds is 2. The number of halogens is 1. The second-order valence-corrected chi connectivity index (χ2v) is 4.82. The first-order valence-corrected chi connectivity index (χ1v) is 6.45. The molecule has 0 unspecified atom stereocenters. The summed E-state index contributed by atoms with van der Waals surface area (Å²) in [6.07, 6.45) is 0. The van der Waals surface area contributed by atoms with Crippen molar-refractivity contribution in [1.82, 2.24) is 0 Å². The highest BCUT2D eigenvalue weighted by molar-refractivity contribution is 6.17. The fraction of sp³-hybridized carbons (Fsp3) is 0.0556. The number of fused-ring (bicyclic) bond motifs is 1. The smallest absolute Gasteiger partial charge is 0.194 e. The van der Waals surface area contributed by atoms with Crippen molar-refractivity contribution in [1.29, 1.82) is 0 Å². The SMILES string of the molecule is Cc1ccc2ccccc2c1C(=O)c1cccc(F)c1. The Balaban J connectivity index is 2.24. The molecule has 0 atom stereocenters. The van der Waals surface area contributed by atoms with Gasteiger partial charge < -0.3 is 0 Å². The van der Waals surface area contributed by atoms with E-state index in [0.717, 1.165) is 16.3 Å². The molecular formula is C18H13FO. The third kappa shape index (κ3) is 2.10. The highest BCUT2D eigenvalue weighted by Gasteiger charge is 2.15. The van der Waals surface area contributed by atoms with E-state index in [9.17, 15) is 9.18 Å². The number of carbonyl (C=O) groups excluding carboxylic acids is 1. The summed E-state index contributed by atoms with van der Waals surface area (Å²) >= 11 is 0. The molecule has 3 aromatic carbocycles. The van der Waals surface area contributed by atoms with E-state index in [1.165, 1.54) is 12.1 Å². The molecule has 0 aliphatic heterocycles. The molecule has 1 nitrogen and oxygen atoms in total. The molecule has 0 spiro atoms. The van der Waals surface area contributed by atoms with E-state index in [1.807, 2.05) is 43.3 Å². The van der Waals surface area contributed by atoms with Crippen molar-refractivity contribution >= 4 is 16.6 Å². The Morgan fingerprint density at radius 1 is 0.950 bits per heavy atom. The predicted molar refractivity (Wildman–Crippen MR) is 78.5 cm³/mol. The Hall–Kier alpha value is -2.48. The van der Waals surface area contributed by atoms with Gasteiger partial charge in [-0.1, -0.05) is 48.5 Å². The van der Waals surface area contributed by atoms with Crippen LogP contribution in [0.4, 0.5) is 4.39 Å². The Labute approximate surface area is 116 Å². The quantitative estimate of drug-likeness (QED) is 0.622. The van der Waals surface area contributed by atoms with Crippen molar-refractivity contribution in [3.63, 3.8) is 0 Å². The Bertz CT molecular complexity index is 805. The zero-order valence-corrected chi connectivity index (χ0v) is 11.1. The van der Waals surface area contributed by atoms with Crippen LogP contribution in [0.3, 0.4) is 0 Å². The lowest BCUT2D eigenvalue weighted by Gasteiger charge is -2.09. The van der Waals surface area contributed by atoms with Crippen molar-refractivity contribution < 1.29 is 9.18 Å². The van der Waals surface area contributed by atoms with Crippen LogP contribution in [0.25, 0.3) is 10.8 Å². The van der Waals surface area contributed by atoms with Gasteiger partial charge in [0.05, 0.1) is 0 Å². The number of aryl methyl sites for hydroxylation is 1. The van der Waals surface area contributed by atoms with Crippen LogP contribution in [0.1, 0.15) is 21.5 Å². The van der Waals surface area contributed by atoms with Crippen LogP contribution in [0.15, 0.2) is 60.7 Å². The van der Waals surface area contributed by atoms with Gasteiger partial charge in [0.25, 0.3) is 0 Å². The van der Waals surface area contributed by atoms with Gasteiger partial charge in [0, 0.05) is 11.1 Å².